The summed E-state index contributed by atoms with van der Waals surface area (Å²) in [5, 5.41) is 8.35. The van der Waals surface area contributed by atoms with Gasteiger partial charge in [0.25, 0.3) is 11.8 Å². The number of nitrogens with zero attached hydrogens (tertiary/aromatic N) is 3. The van der Waals surface area contributed by atoms with E-state index in [1.54, 1.807) is 4.90 Å². The minimum atomic E-state index is -1.38. The van der Waals surface area contributed by atoms with Gasteiger partial charge in [-0.2, -0.15) is 4.39 Å². The van der Waals surface area contributed by atoms with Crippen molar-refractivity contribution in [2.24, 2.45) is 13.0 Å². The van der Waals surface area contributed by atoms with Crippen molar-refractivity contribution in [1.82, 2.24) is 25.1 Å². The first kappa shape index (κ1) is 31.3. The number of ether oxygens (including phenoxy) is 1. The molecule has 2 aliphatic rings. The van der Waals surface area contributed by atoms with Crippen LogP contribution in [-0.4, -0.2) is 77.4 Å². The highest BCUT2D eigenvalue weighted by atomic mass is 35.5. The highest BCUT2D eigenvalue weighted by Crippen LogP contribution is 2.31. The number of anilines is 1. The molecule has 15 heteroatoms. The molecule has 0 bridgehead atoms. The van der Waals surface area contributed by atoms with Crippen molar-refractivity contribution < 1.29 is 36.7 Å². The highest BCUT2D eigenvalue weighted by Gasteiger charge is 2.33. The molecule has 3 heterocycles. The fraction of sp³-hybridized carbons (Fsp3) is 0.379. The lowest BCUT2D eigenvalue weighted by Crippen LogP contribution is -2.47. The van der Waals surface area contributed by atoms with E-state index in [0.717, 1.165) is 6.07 Å². The summed E-state index contributed by atoms with van der Waals surface area (Å²) in [7, 11) is 1.44. The van der Waals surface area contributed by atoms with E-state index in [1.165, 1.54) is 42.1 Å². The monoisotopic (exact) mass is 636 g/mol. The molecule has 3 N–H and O–H groups in total. The summed E-state index contributed by atoms with van der Waals surface area (Å²) in [6, 6.07) is 6.07. The number of likely N-dealkylation sites (tertiary alicyclic amines) is 1. The van der Waals surface area contributed by atoms with Crippen LogP contribution in [0.4, 0.5) is 23.2 Å². The van der Waals surface area contributed by atoms with E-state index in [-0.39, 0.29) is 57.6 Å². The second-order valence-electron chi connectivity index (χ2n) is 10.5. The van der Waals surface area contributed by atoms with E-state index < -0.39 is 42.4 Å². The average Bonchev–Trinajstić information content (AvgIpc) is 3.60. The number of halogens is 5. The molecule has 2 fully saturated rings. The van der Waals surface area contributed by atoms with Crippen molar-refractivity contribution in [3.8, 4) is 17.0 Å². The second-order valence-corrected chi connectivity index (χ2v) is 10.9. The zero-order valence-corrected chi connectivity index (χ0v) is 24.3. The van der Waals surface area contributed by atoms with Gasteiger partial charge in [0.05, 0.1) is 28.5 Å². The van der Waals surface area contributed by atoms with Gasteiger partial charge >= 0.3 is 0 Å². The molecule has 3 aromatic rings. The molecule has 2 atom stereocenters. The summed E-state index contributed by atoms with van der Waals surface area (Å²) in [5.74, 6) is -4.93. The van der Waals surface area contributed by atoms with Crippen molar-refractivity contribution in [2.75, 3.05) is 38.4 Å². The van der Waals surface area contributed by atoms with Gasteiger partial charge in [-0.3, -0.25) is 14.4 Å². The third kappa shape index (κ3) is 6.36. The van der Waals surface area contributed by atoms with Crippen molar-refractivity contribution >= 4 is 35.0 Å². The van der Waals surface area contributed by atoms with E-state index in [2.05, 4.69) is 25.7 Å². The van der Waals surface area contributed by atoms with Crippen LogP contribution in [-0.2, 0) is 11.8 Å². The Morgan fingerprint density at radius 3 is 2.52 bits per heavy atom. The summed E-state index contributed by atoms with van der Waals surface area (Å²) < 4.78 is 60.8. The third-order valence-electron chi connectivity index (χ3n) is 7.80. The topological polar surface area (TPSA) is 118 Å². The first-order valence-electron chi connectivity index (χ1n) is 13.8. The van der Waals surface area contributed by atoms with Gasteiger partial charge in [-0.25, -0.2) is 18.2 Å². The van der Waals surface area contributed by atoms with Crippen LogP contribution in [0.25, 0.3) is 11.3 Å². The summed E-state index contributed by atoms with van der Waals surface area (Å²) in [5.41, 5.74) is 0.342. The summed E-state index contributed by atoms with van der Waals surface area (Å²) in [6.07, 6.45) is 0.922. The van der Waals surface area contributed by atoms with Crippen LogP contribution in [0, 0.1) is 17.6 Å². The molecule has 1 aromatic heterocycles. The summed E-state index contributed by atoms with van der Waals surface area (Å²) in [4.78, 5) is 44.3. The maximum Gasteiger partial charge on any atom is 0.291 e. The van der Waals surface area contributed by atoms with Gasteiger partial charge in [-0.15, -0.1) is 0 Å². The Labute approximate surface area is 254 Å². The Hall–Kier alpha value is -4.17. The first-order chi connectivity index (χ1) is 21.1. The zero-order chi connectivity index (χ0) is 31.5. The number of carbonyl (C=O) groups excluding carboxylic acids is 3. The maximum absolute atomic E-state index is 14.6. The minimum absolute atomic E-state index is 0.0840. The molecule has 44 heavy (non-hydrogen) atoms. The number of aromatic nitrogens is 2. The number of amides is 3. The molecule has 0 radical (unpaired) electrons. The highest BCUT2D eigenvalue weighted by molar-refractivity contribution is 6.34. The van der Waals surface area contributed by atoms with Crippen molar-refractivity contribution in [2.45, 2.75) is 25.1 Å². The number of nitrogens with one attached hydrogen (secondary N) is 3. The molecule has 10 nitrogen and oxygen atoms in total. The molecule has 0 aliphatic carbocycles. The first-order valence-corrected chi connectivity index (χ1v) is 14.2. The van der Waals surface area contributed by atoms with Crippen LogP contribution in [0.15, 0.2) is 36.5 Å². The Bertz CT molecular complexity index is 1580. The van der Waals surface area contributed by atoms with Gasteiger partial charge in [-0.05, 0) is 43.2 Å². The number of alkyl halides is 2. The largest absolute Gasteiger partial charge is 0.460 e. The Balaban J connectivity index is 1.20. The lowest BCUT2D eigenvalue weighted by Gasteiger charge is -2.32. The normalized spacial score (nSPS) is 18.7. The Morgan fingerprint density at radius 2 is 1.86 bits per heavy atom. The fourth-order valence-electron chi connectivity index (χ4n) is 5.33. The van der Waals surface area contributed by atoms with Gasteiger partial charge in [0.1, 0.15) is 6.17 Å². The van der Waals surface area contributed by atoms with Gasteiger partial charge in [-0.1, -0.05) is 11.6 Å². The standard InChI is InChI=1S/C29H29ClF4N6O4/c1-39-22(18-4-5-23(44-14-31)25(34)24(18)33)13-36-26(39)28(42)37-16-2-3-17(19(30)10-16)29(43)40-8-6-15(7-9-40)27(41)38-21-12-35-11-20(21)32/h2-5,10,13,15,20-21,35H,6-9,11-12,14H2,1H3,(H,37,42)(H,38,41)/t20?,21-/m0/s1. The maximum atomic E-state index is 14.6. The van der Waals surface area contributed by atoms with Gasteiger partial charge in [0, 0.05) is 50.4 Å². The minimum Gasteiger partial charge on any atom is -0.460 e. The molecule has 0 saturated carbocycles. The average molecular weight is 637 g/mol. The number of hydrogen-bond acceptors (Lipinski definition) is 6. The molecule has 0 spiro atoms. The van der Waals surface area contributed by atoms with Crippen LogP contribution in [0.3, 0.4) is 0 Å². The van der Waals surface area contributed by atoms with Gasteiger partial charge in [0.15, 0.2) is 17.4 Å². The van der Waals surface area contributed by atoms with E-state index >= 15 is 0 Å². The van der Waals surface area contributed by atoms with Crippen molar-refractivity contribution in [3.63, 3.8) is 0 Å². The molecule has 1 unspecified atom stereocenters. The Morgan fingerprint density at radius 1 is 1.11 bits per heavy atom. The molecular formula is C29H29ClF4N6O4. The molecule has 2 aliphatic heterocycles. The lowest BCUT2D eigenvalue weighted by atomic mass is 9.95. The predicted octanol–water partition coefficient (Wildman–Crippen LogP) is 3.86. The molecule has 2 saturated heterocycles. The van der Waals surface area contributed by atoms with Crippen LogP contribution in [0.2, 0.25) is 5.02 Å². The summed E-state index contributed by atoms with van der Waals surface area (Å²) >= 11 is 6.41. The van der Waals surface area contributed by atoms with Crippen LogP contribution in [0.5, 0.6) is 5.75 Å². The van der Waals surface area contributed by atoms with E-state index in [1.807, 2.05) is 0 Å². The van der Waals surface area contributed by atoms with E-state index in [0.29, 0.717) is 32.5 Å². The summed E-state index contributed by atoms with van der Waals surface area (Å²) in [6.45, 7) is -0.0791. The zero-order valence-electron chi connectivity index (χ0n) is 23.5. The smallest absolute Gasteiger partial charge is 0.291 e. The number of imidazole rings is 1. The molecule has 234 valence electrons. The van der Waals surface area contributed by atoms with Crippen molar-refractivity contribution in [1.29, 1.82) is 0 Å². The number of carbonyl (C=O) groups is 3. The third-order valence-corrected chi connectivity index (χ3v) is 8.12. The van der Waals surface area contributed by atoms with Crippen LogP contribution < -0.4 is 20.7 Å². The molecule has 2 aromatic carbocycles. The quantitative estimate of drug-likeness (QED) is 0.324. The van der Waals surface area contributed by atoms with Crippen LogP contribution in [0.1, 0.15) is 33.8 Å². The number of rotatable bonds is 8. The second kappa shape index (κ2) is 13.2. The van der Waals surface area contributed by atoms with Crippen LogP contribution >= 0.6 is 11.6 Å². The number of benzene rings is 2. The fourth-order valence-corrected chi connectivity index (χ4v) is 5.59. The molecule has 3 amide bonds. The van der Waals surface area contributed by atoms with E-state index in [9.17, 15) is 31.9 Å². The van der Waals surface area contributed by atoms with Crippen molar-refractivity contribution in [3.05, 3.63) is 64.6 Å². The molecule has 5 rings (SSSR count). The predicted molar refractivity (Wildman–Crippen MR) is 153 cm³/mol. The Kier molecular flexibility index (Phi) is 9.39. The van der Waals surface area contributed by atoms with E-state index in [4.69, 9.17) is 11.6 Å². The van der Waals surface area contributed by atoms with Gasteiger partial charge in [0.2, 0.25) is 18.6 Å². The lowest BCUT2D eigenvalue weighted by molar-refractivity contribution is -0.127. The number of hydrogen-bond donors (Lipinski definition) is 3. The van der Waals surface area contributed by atoms with Gasteiger partial charge < -0.3 is 30.2 Å². The SMILES string of the molecule is Cn1c(-c2ccc(OCF)c(F)c2F)cnc1C(=O)Nc1ccc(C(=O)N2CCC(C(=O)N[C@H]3CNCC3F)CC2)c(Cl)c1. The molecular weight excluding hydrogens is 608 g/mol. The number of piperidine rings is 1.